The van der Waals surface area contributed by atoms with Crippen molar-refractivity contribution >= 4 is 6.09 Å². The average molecular weight is 299 g/mol. The summed E-state index contributed by atoms with van der Waals surface area (Å²) in [6.45, 7) is 7.31. The molecule has 0 aromatic heterocycles. The van der Waals surface area contributed by atoms with Crippen LogP contribution in [0.4, 0.5) is 4.79 Å². The third kappa shape index (κ3) is 3.89. The number of piperidine rings is 1. The van der Waals surface area contributed by atoms with Crippen molar-refractivity contribution in [3.63, 3.8) is 0 Å². The van der Waals surface area contributed by atoms with Crippen LogP contribution in [-0.4, -0.2) is 50.2 Å². The summed E-state index contributed by atoms with van der Waals surface area (Å²) in [5, 5.41) is 0. The summed E-state index contributed by atoms with van der Waals surface area (Å²) in [7, 11) is 3.40. The van der Waals surface area contributed by atoms with E-state index in [2.05, 4.69) is 0 Å². The minimum absolute atomic E-state index is 0.0838. The Bertz CT molecular complexity index is 357. The molecule has 1 spiro atoms. The topological polar surface area (TPSA) is 48.0 Å². The highest BCUT2D eigenvalue weighted by Crippen LogP contribution is 2.54. The molecule has 0 bridgehead atoms. The molecule has 21 heavy (non-hydrogen) atoms. The molecule has 122 valence electrons. The van der Waals surface area contributed by atoms with Gasteiger partial charge in [-0.2, -0.15) is 0 Å². The molecule has 0 atom stereocenters. The van der Waals surface area contributed by atoms with E-state index in [0.29, 0.717) is 11.3 Å². The first kappa shape index (κ1) is 16.6. The van der Waals surface area contributed by atoms with Gasteiger partial charge in [0.25, 0.3) is 0 Å². The number of methoxy groups -OCH3 is 2. The summed E-state index contributed by atoms with van der Waals surface area (Å²) in [5.41, 5.74) is -0.0313. The third-order valence-electron chi connectivity index (χ3n) is 4.72. The third-order valence-corrected chi connectivity index (χ3v) is 4.72. The lowest BCUT2D eigenvalue weighted by Gasteiger charge is -2.53. The molecule has 2 rings (SSSR count). The van der Waals surface area contributed by atoms with Gasteiger partial charge in [0.05, 0.1) is 0 Å². The number of likely N-dealkylation sites (tertiary alicyclic amines) is 1. The number of ether oxygens (including phenoxy) is 3. The van der Waals surface area contributed by atoms with Crippen molar-refractivity contribution in [3.05, 3.63) is 0 Å². The zero-order valence-corrected chi connectivity index (χ0v) is 14.0. The van der Waals surface area contributed by atoms with Gasteiger partial charge < -0.3 is 19.1 Å². The van der Waals surface area contributed by atoms with Crippen molar-refractivity contribution < 1.29 is 19.0 Å². The molecule has 5 nitrogen and oxygen atoms in total. The van der Waals surface area contributed by atoms with E-state index in [1.54, 1.807) is 14.2 Å². The summed E-state index contributed by atoms with van der Waals surface area (Å²) in [5.74, 6) is 0.494. The molecule has 1 saturated heterocycles. The number of nitrogens with zero attached hydrogens (tertiary/aromatic N) is 1. The molecule has 2 fully saturated rings. The summed E-state index contributed by atoms with van der Waals surface area (Å²) in [6, 6.07) is 0. The van der Waals surface area contributed by atoms with E-state index in [1.165, 1.54) is 0 Å². The van der Waals surface area contributed by atoms with Gasteiger partial charge in [-0.25, -0.2) is 4.79 Å². The summed E-state index contributed by atoms with van der Waals surface area (Å²) in [4.78, 5) is 13.9. The van der Waals surface area contributed by atoms with Gasteiger partial charge in [0.1, 0.15) is 5.60 Å². The highest BCUT2D eigenvalue weighted by atomic mass is 16.7. The standard InChI is InChI=1S/C16H29NO4/c1-15(2,3)21-14(18)17-8-6-16(7-9-17)10-12(11-16)13(19-4)20-5/h12-13H,6-11H2,1-5H3. The molecule has 0 radical (unpaired) electrons. The van der Waals surface area contributed by atoms with Crippen LogP contribution in [0.5, 0.6) is 0 Å². The van der Waals surface area contributed by atoms with Crippen LogP contribution in [0.1, 0.15) is 46.5 Å². The number of carbonyl (C=O) groups is 1. The zero-order chi connectivity index (χ0) is 15.7. The Kier molecular flexibility index (Phi) is 4.83. The molecule has 1 saturated carbocycles. The van der Waals surface area contributed by atoms with Crippen LogP contribution in [0.2, 0.25) is 0 Å². The molecule has 0 aromatic rings. The van der Waals surface area contributed by atoms with Gasteiger partial charge in [-0.1, -0.05) is 0 Å². The Balaban J connectivity index is 1.78. The number of amides is 1. The van der Waals surface area contributed by atoms with Crippen LogP contribution >= 0.6 is 0 Å². The smallest absolute Gasteiger partial charge is 0.410 e. The lowest BCUT2D eigenvalue weighted by atomic mass is 9.57. The van der Waals surface area contributed by atoms with E-state index >= 15 is 0 Å². The van der Waals surface area contributed by atoms with Crippen LogP contribution in [-0.2, 0) is 14.2 Å². The van der Waals surface area contributed by atoms with Crippen molar-refractivity contribution in [1.82, 2.24) is 4.90 Å². The lowest BCUT2D eigenvalue weighted by molar-refractivity contribution is -0.187. The van der Waals surface area contributed by atoms with E-state index in [-0.39, 0.29) is 12.4 Å². The quantitative estimate of drug-likeness (QED) is 0.752. The normalized spacial score (nSPS) is 22.5. The minimum Gasteiger partial charge on any atom is -0.444 e. The molecule has 2 aliphatic rings. The van der Waals surface area contributed by atoms with Crippen molar-refractivity contribution in [2.45, 2.75) is 58.3 Å². The second-order valence-electron chi connectivity index (χ2n) is 7.48. The molecule has 5 heteroatoms. The predicted octanol–water partition coefficient (Wildman–Crippen LogP) is 3.03. The number of hydrogen-bond acceptors (Lipinski definition) is 4. The Labute approximate surface area is 127 Å². The highest BCUT2D eigenvalue weighted by molar-refractivity contribution is 5.68. The number of rotatable bonds is 3. The Morgan fingerprint density at radius 3 is 2.10 bits per heavy atom. The van der Waals surface area contributed by atoms with Gasteiger partial charge in [-0.15, -0.1) is 0 Å². The molecule has 1 heterocycles. The van der Waals surface area contributed by atoms with Gasteiger partial charge in [-0.05, 0) is 51.9 Å². The zero-order valence-electron chi connectivity index (χ0n) is 14.0. The number of hydrogen-bond donors (Lipinski definition) is 0. The van der Waals surface area contributed by atoms with Crippen molar-refractivity contribution in [2.24, 2.45) is 11.3 Å². The highest BCUT2D eigenvalue weighted by Gasteiger charge is 2.49. The molecule has 1 aliphatic heterocycles. The van der Waals surface area contributed by atoms with Crippen LogP contribution in [0.15, 0.2) is 0 Å². The summed E-state index contributed by atoms with van der Waals surface area (Å²) in [6.07, 6.45) is 4.13. The van der Waals surface area contributed by atoms with Crippen molar-refractivity contribution in [1.29, 1.82) is 0 Å². The van der Waals surface area contributed by atoms with E-state index in [1.807, 2.05) is 25.7 Å². The minimum atomic E-state index is -0.419. The largest absolute Gasteiger partial charge is 0.444 e. The fourth-order valence-electron chi connectivity index (χ4n) is 3.62. The van der Waals surface area contributed by atoms with Crippen LogP contribution in [0.25, 0.3) is 0 Å². The van der Waals surface area contributed by atoms with Gasteiger partial charge in [-0.3, -0.25) is 0 Å². The first-order valence-electron chi connectivity index (χ1n) is 7.82. The SMILES string of the molecule is COC(OC)C1CC2(CCN(C(=O)OC(C)(C)C)CC2)C1. The first-order valence-corrected chi connectivity index (χ1v) is 7.82. The Hall–Kier alpha value is -0.810. The van der Waals surface area contributed by atoms with Gasteiger partial charge in [0.15, 0.2) is 6.29 Å². The maximum absolute atomic E-state index is 12.1. The van der Waals surface area contributed by atoms with Crippen LogP contribution in [0.3, 0.4) is 0 Å². The summed E-state index contributed by atoms with van der Waals surface area (Å²) < 4.78 is 16.1. The maximum Gasteiger partial charge on any atom is 0.410 e. The molecule has 0 N–H and O–H groups in total. The molecule has 0 aromatic carbocycles. The molecule has 1 aliphatic carbocycles. The Morgan fingerprint density at radius 1 is 1.14 bits per heavy atom. The van der Waals surface area contributed by atoms with Gasteiger partial charge in [0, 0.05) is 33.2 Å². The van der Waals surface area contributed by atoms with E-state index in [0.717, 1.165) is 38.8 Å². The molecule has 1 amide bonds. The molecular weight excluding hydrogens is 270 g/mol. The second kappa shape index (κ2) is 6.13. The van der Waals surface area contributed by atoms with Crippen LogP contribution in [0, 0.1) is 11.3 Å². The van der Waals surface area contributed by atoms with E-state index in [9.17, 15) is 4.79 Å². The lowest BCUT2D eigenvalue weighted by Crippen LogP contribution is -2.52. The van der Waals surface area contributed by atoms with Crippen molar-refractivity contribution in [2.75, 3.05) is 27.3 Å². The van der Waals surface area contributed by atoms with Crippen LogP contribution < -0.4 is 0 Å². The van der Waals surface area contributed by atoms with Crippen molar-refractivity contribution in [3.8, 4) is 0 Å². The fraction of sp³-hybridized carbons (Fsp3) is 0.938. The summed E-state index contributed by atoms with van der Waals surface area (Å²) >= 11 is 0. The first-order chi connectivity index (χ1) is 9.78. The van der Waals surface area contributed by atoms with E-state index in [4.69, 9.17) is 14.2 Å². The fourth-order valence-corrected chi connectivity index (χ4v) is 3.62. The van der Waals surface area contributed by atoms with E-state index < -0.39 is 5.60 Å². The monoisotopic (exact) mass is 299 g/mol. The number of carbonyl (C=O) groups excluding carboxylic acids is 1. The Morgan fingerprint density at radius 2 is 1.67 bits per heavy atom. The van der Waals surface area contributed by atoms with Gasteiger partial charge >= 0.3 is 6.09 Å². The predicted molar refractivity (Wildman–Crippen MR) is 80.0 cm³/mol. The molecular formula is C16H29NO4. The maximum atomic E-state index is 12.1. The second-order valence-corrected chi connectivity index (χ2v) is 7.48. The molecule has 0 unspecified atom stereocenters. The average Bonchev–Trinajstić information content (AvgIpc) is 2.37. The van der Waals surface area contributed by atoms with Gasteiger partial charge in [0.2, 0.25) is 0 Å².